The van der Waals surface area contributed by atoms with Crippen LogP contribution in [0.3, 0.4) is 0 Å². The van der Waals surface area contributed by atoms with Gasteiger partial charge < -0.3 is 0 Å². The van der Waals surface area contributed by atoms with E-state index in [-0.39, 0.29) is 6.04 Å². The van der Waals surface area contributed by atoms with E-state index in [1.807, 2.05) is 0 Å². The second kappa shape index (κ2) is 4.53. The average Bonchev–Trinajstić information content (AvgIpc) is 2.89. The van der Waals surface area contributed by atoms with E-state index >= 15 is 0 Å². The molecule has 0 aliphatic carbocycles. The third-order valence-electron chi connectivity index (χ3n) is 2.56. The van der Waals surface area contributed by atoms with Crippen molar-refractivity contribution < 1.29 is 8.42 Å². The monoisotopic (exact) mass is 309 g/mol. The topological polar surface area (TPSA) is 37.4 Å². The summed E-state index contributed by atoms with van der Waals surface area (Å²) in [5.41, 5.74) is 0. The van der Waals surface area contributed by atoms with Gasteiger partial charge in [0.2, 0.25) is 0 Å². The van der Waals surface area contributed by atoms with Crippen LogP contribution in [0.5, 0.6) is 0 Å². The van der Waals surface area contributed by atoms with Crippen molar-refractivity contribution in [1.82, 2.24) is 4.31 Å². The Bertz CT molecular complexity index is 415. The van der Waals surface area contributed by atoms with E-state index in [0.717, 1.165) is 18.2 Å². The van der Waals surface area contributed by atoms with E-state index in [2.05, 4.69) is 15.9 Å². The smallest absolute Gasteiger partial charge is 0.206 e. The SMILES string of the molecule is O=S(=O)(c1cccs1)N1CCCC1CBr. The first-order chi connectivity index (χ1) is 7.16. The van der Waals surface area contributed by atoms with Crippen LogP contribution in [0.25, 0.3) is 0 Å². The van der Waals surface area contributed by atoms with Crippen molar-refractivity contribution in [3.63, 3.8) is 0 Å². The van der Waals surface area contributed by atoms with Gasteiger partial charge in [-0.1, -0.05) is 22.0 Å². The Labute approximate surface area is 102 Å². The highest BCUT2D eigenvalue weighted by molar-refractivity contribution is 9.09. The summed E-state index contributed by atoms with van der Waals surface area (Å²) in [6.45, 7) is 0.649. The predicted octanol–water partition coefficient (Wildman–Crippen LogP) is 2.30. The van der Waals surface area contributed by atoms with Crippen LogP contribution in [0.1, 0.15) is 12.8 Å². The molecule has 0 bridgehead atoms. The van der Waals surface area contributed by atoms with Gasteiger partial charge in [0.25, 0.3) is 10.0 Å². The lowest BCUT2D eigenvalue weighted by Crippen LogP contribution is -2.35. The summed E-state index contributed by atoms with van der Waals surface area (Å²) >= 11 is 4.65. The van der Waals surface area contributed by atoms with Crippen LogP contribution in [0.4, 0.5) is 0 Å². The van der Waals surface area contributed by atoms with E-state index in [1.54, 1.807) is 21.8 Å². The largest absolute Gasteiger partial charge is 0.252 e. The van der Waals surface area contributed by atoms with Crippen LogP contribution in [-0.2, 0) is 10.0 Å². The van der Waals surface area contributed by atoms with Crippen molar-refractivity contribution >= 4 is 37.3 Å². The zero-order valence-corrected chi connectivity index (χ0v) is 11.3. The first-order valence-corrected chi connectivity index (χ1v) is 8.21. The molecule has 1 aromatic rings. The van der Waals surface area contributed by atoms with Crippen LogP contribution in [0.15, 0.2) is 21.7 Å². The van der Waals surface area contributed by atoms with Crippen LogP contribution < -0.4 is 0 Å². The molecule has 0 amide bonds. The molecule has 1 unspecified atom stereocenters. The summed E-state index contributed by atoms with van der Waals surface area (Å²) in [5, 5.41) is 2.52. The molecule has 1 fully saturated rings. The maximum atomic E-state index is 12.2. The van der Waals surface area contributed by atoms with Crippen molar-refractivity contribution in [1.29, 1.82) is 0 Å². The van der Waals surface area contributed by atoms with Gasteiger partial charge in [-0.15, -0.1) is 11.3 Å². The van der Waals surface area contributed by atoms with Gasteiger partial charge in [-0.25, -0.2) is 8.42 Å². The fourth-order valence-corrected chi connectivity index (χ4v) is 5.48. The van der Waals surface area contributed by atoms with Crippen molar-refractivity contribution in [3.8, 4) is 0 Å². The highest BCUT2D eigenvalue weighted by Gasteiger charge is 2.34. The Kier molecular flexibility index (Phi) is 3.49. The number of alkyl halides is 1. The number of thiophene rings is 1. The van der Waals surface area contributed by atoms with Gasteiger partial charge in [0.1, 0.15) is 4.21 Å². The molecule has 0 N–H and O–H groups in total. The summed E-state index contributed by atoms with van der Waals surface area (Å²) in [6, 6.07) is 3.57. The van der Waals surface area contributed by atoms with Crippen molar-refractivity contribution in [2.75, 3.05) is 11.9 Å². The zero-order chi connectivity index (χ0) is 10.9. The number of halogens is 1. The van der Waals surface area contributed by atoms with E-state index in [1.165, 1.54) is 11.3 Å². The lowest BCUT2D eigenvalue weighted by Gasteiger charge is -2.21. The highest BCUT2D eigenvalue weighted by atomic mass is 79.9. The molecule has 6 heteroatoms. The van der Waals surface area contributed by atoms with Gasteiger partial charge in [-0.2, -0.15) is 4.31 Å². The molecule has 84 valence electrons. The molecule has 3 nitrogen and oxygen atoms in total. The molecule has 2 rings (SSSR count). The third-order valence-corrected chi connectivity index (χ3v) is 6.63. The standard InChI is InChI=1S/C9H12BrNO2S2/c10-7-8-3-1-5-11(8)15(12,13)9-4-2-6-14-9/h2,4,6,8H,1,3,5,7H2. The minimum atomic E-state index is -3.23. The summed E-state index contributed by atoms with van der Waals surface area (Å²) in [7, 11) is -3.23. The van der Waals surface area contributed by atoms with Gasteiger partial charge in [0.15, 0.2) is 0 Å². The molecule has 0 aromatic carbocycles. The molecular formula is C9H12BrNO2S2. The first kappa shape index (κ1) is 11.6. The Morgan fingerprint density at radius 1 is 1.60 bits per heavy atom. The molecule has 15 heavy (non-hydrogen) atoms. The van der Waals surface area contributed by atoms with Crippen molar-refractivity contribution in [2.45, 2.75) is 23.1 Å². The maximum Gasteiger partial charge on any atom is 0.252 e. The Hall–Kier alpha value is 0.0900. The van der Waals surface area contributed by atoms with Crippen LogP contribution >= 0.6 is 27.3 Å². The predicted molar refractivity (Wildman–Crippen MR) is 65.0 cm³/mol. The Morgan fingerprint density at radius 2 is 2.40 bits per heavy atom. The highest BCUT2D eigenvalue weighted by Crippen LogP contribution is 2.28. The van der Waals surface area contributed by atoms with Crippen LogP contribution in [0.2, 0.25) is 0 Å². The summed E-state index contributed by atoms with van der Waals surface area (Å²) in [6.07, 6.45) is 1.91. The van der Waals surface area contributed by atoms with E-state index in [4.69, 9.17) is 0 Å². The molecule has 0 radical (unpaired) electrons. The number of nitrogens with zero attached hydrogens (tertiary/aromatic N) is 1. The van der Waals surface area contributed by atoms with Crippen molar-refractivity contribution in [3.05, 3.63) is 17.5 Å². The number of sulfonamides is 1. The lowest BCUT2D eigenvalue weighted by atomic mass is 10.3. The Morgan fingerprint density at radius 3 is 3.00 bits per heavy atom. The van der Waals surface area contributed by atoms with Crippen molar-refractivity contribution in [2.24, 2.45) is 0 Å². The summed E-state index contributed by atoms with van der Waals surface area (Å²) < 4.78 is 26.4. The number of rotatable bonds is 3. The third kappa shape index (κ3) is 2.13. The van der Waals surface area contributed by atoms with Gasteiger partial charge >= 0.3 is 0 Å². The molecule has 1 aliphatic heterocycles. The molecule has 0 spiro atoms. The molecule has 1 aliphatic rings. The Balaban J connectivity index is 2.30. The van der Waals surface area contributed by atoms with Gasteiger partial charge in [-0.3, -0.25) is 0 Å². The fraction of sp³-hybridized carbons (Fsp3) is 0.556. The lowest BCUT2D eigenvalue weighted by molar-refractivity contribution is 0.415. The normalized spacial score (nSPS) is 23.4. The minimum absolute atomic E-state index is 0.122. The fourth-order valence-electron chi connectivity index (χ4n) is 1.81. The van der Waals surface area contributed by atoms with Gasteiger partial charge in [-0.05, 0) is 24.3 Å². The number of hydrogen-bond donors (Lipinski definition) is 0. The van der Waals surface area contributed by atoms with Gasteiger partial charge in [0, 0.05) is 17.9 Å². The molecule has 1 atom stereocenters. The summed E-state index contributed by atoms with van der Waals surface area (Å²) in [4.78, 5) is 0. The first-order valence-electron chi connectivity index (χ1n) is 4.77. The van der Waals surface area contributed by atoms with Gasteiger partial charge in [0.05, 0.1) is 0 Å². The molecule has 2 heterocycles. The molecular weight excluding hydrogens is 298 g/mol. The van der Waals surface area contributed by atoms with Crippen LogP contribution in [-0.4, -0.2) is 30.6 Å². The van der Waals surface area contributed by atoms with E-state index in [9.17, 15) is 8.42 Å². The quantitative estimate of drug-likeness (QED) is 0.803. The second-order valence-corrected chi connectivity index (χ2v) is 7.21. The van der Waals surface area contributed by atoms with Crippen LogP contribution in [0, 0.1) is 0 Å². The molecule has 1 aromatic heterocycles. The number of hydrogen-bond acceptors (Lipinski definition) is 3. The van der Waals surface area contributed by atoms with E-state index in [0.29, 0.717) is 10.8 Å². The summed E-state index contributed by atoms with van der Waals surface area (Å²) in [5.74, 6) is 0. The molecule has 0 saturated carbocycles. The average molecular weight is 310 g/mol. The maximum absolute atomic E-state index is 12.2. The second-order valence-electron chi connectivity index (χ2n) is 3.50. The van der Waals surface area contributed by atoms with E-state index < -0.39 is 10.0 Å². The zero-order valence-electron chi connectivity index (χ0n) is 8.10. The molecule has 1 saturated heterocycles. The minimum Gasteiger partial charge on any atom is -0.206 e.